The molecule has 100 valence electrons. The molecule has 20 heavy (non-hydrogen) atoms. The van der Waals surface area contributed by atoms with Gasteiger partial charge in [-0.2, -0.15) is 0 Å². The third-order valence-electron chi connectivity index (χ3n) is 3.63. The van der Waals surface area contributed by atoms with Crippen LogP contribution in [0.3, 0.4) is 0 Å². The summed E-state index contributed by atoms with van der Waals surface area (Å²) in [5.41, 5.74) is 2.07. The summed E-state index contributed by atoms with van der Waals surface area (Å²) in [7, 11) is 0. The minimum Gasteiger partial charge on any atom is -0.349 e. The highest BCUT2D eigenvalue weighted by Crippen LogP contribution is 2.19. The molecule has 1 aromatic heterocycles. The Kier molecular flexibility index (Phi) is 3.38. The molecule has 1 heterocycles. The number of hydrogen-bond donors (Lipinski definition) is 0. The van der Waals surface area contributed by atoms with E-state index in [1.54, 1.807) is 0 Å². The van der Waals surface area contributed by atoms with E-state index in [1.807, 2.05) is 25.4 Å². The molecule has 0 aliphatic carbocycles. The number of fused-ring (bicyclic) bond motifs is 1. The summed E-state index contributed by atoms with van der Waals surface area (Å²) in [6, 6.07) is 16.6. The largest absolute Gasteiger partial charge is 0.349 e. The zero-order chi connectivity index (χ0) is 13.9. The Labute approximate surface area is 118 Å². The van der Waals surface area contributed by atoms with Crippen molar-refractivity contribution in [3.8, 4) is 0 Å². The number of Topliss-reactive ketones (excluding diaryl/α,β-unsaturated/α-hetero) is 1. The molecule has 0 saturated carbocycles. The first-order chi connectivity index (χ1) is 9.78. The second-order valence-electron chi connectivity index (χ2n) is 4.99. The quantitative estimate of drug-likeness (QED) is 0.644. The number of aromatic nitrogens is 1. The van der Waals surface area contributed by atoms with Crippen LogP contribution >= 0.6 is 0 Å². The Balaban J connectivity index is 1.93. The fourth-order valence-electron chi connectivity index (χ4n) is 2.54. The van der Waals surface area contributed by atoms with Crippen LogP contribution in [0.25, 0.3) is 10.8 Å². The van der Waals surface area contributed by atoms with Crippen LogP contribution in [0.1, 0.15) is 29.3 Å². The Morgan fingerprint density at radius 2 is 1.85 bits per heavy atom. The van der Waals surface area contributed by atoms with E-state index < -0.39 is 0 Å². The van der Waals surface area contributed by atoms with Crippen LogP contribution in [-0.4, -0.2) is 10.4 Å². The number of rotatable bonds is 4. The first-order valence-corrected chi connectivity index (χ1v) is 6.93. The van der Waals surface area contributed by atoms with Crippen molar-refractivity contribution in [2.45, 2.75) is 19.9 Å². The van der Waals surface area contributed by atoms with E-state index in [4.69, 9.17) is 0 Å². The zero-order valence-corrected chi connectivity index (χ0v) is 11.5. The van der Waals surface area contributed by atoms with Gasteiger partial charge < -0.3 is 4.57 Å². The standard InChI is InChI=1S/C18H17NO/c1-2-18(20)16-10-11-19(13-16)12-15-8-5-7-14-6-3-4-9-17(14)15/h3-11,13H,2,12H2,1H3. The molecular formula is C18H17NO. The van der Waals surface area contributed by atoms with E-state index in [-0.39, 0.29) is 5.78 Å². The highest BCUT2D eigenvalue weighted by atomic mass is 16.1. The monoisotopic (exact) mass is 263 g/mol. The normalized spacial score (nSPS) is 10.8. The molecule has 0 saturated heterocycles. The van der Waals surface area contributed by atoms with Gasteiger partial charge in [0.05, 0.1) is 0 Å². The summed E-state index contributed by atoms with van der Waals surface area (Å²) in [6.07, 6.45) is 4.47. The van der Waals surface area contributed by atoms with Crippen LogP contribution in [0.5, 0.6) is 0 Å². The van der Waals surface area contributed by atoms with Crippen LogP contribution in [0, 0.1) is 0 Å². The third kappa shape index (κ3) is 2.37. The summed E-state index contributed by atoms with van der Waals surface area (Å²) >= 11 is 0. The van der Waals surface area contributed by atoms with E-state index in [9.17, 15) is 4.79 Å². The molecular weight excluding hydrogens is 246 g/mol. The average Bonchev–Trinajstić information content (AvgIpc) is 2.95. The molecule has 3 aromatic rings. The van der Waals surface area contributed by atoms with Gasteiger partial charge in [-0.05, 0) is 22.4 Å². The zero-order valence-electron chi connectivity index (χ0n) is 11.5. The second-order valence-corrected chi connectivity index (χ2v) is 4.99. The minimum atomic E-state index is 0.196. The van der Waals surface area contributed by atoms with Gasteiger partial charge in [0.25, 0.3) is 0 Å². The average molecular weight is 263 g/mol. The van der Waals surface area contributed by atoms with Crippen LogP contribution < -0.4 is 0 Å². The molecule has 0 aliphatic rings. The van der Waals surface area contributed by atoms with Crippen molar-refractivity contribution in [2.24, 2.45) is 0 Å². The smallest absolute Gasteiger partial charge is 0.164 e. The minimum absolute atomic E-state index is 0.196. The molecule has 0 radical (unpaired) electrons. The van der Waals surface area contributed by atoms with E-state index in [1.165, 1.54) is 16.3 Å². The van der Waals surface area contributed by atoms with Gasteiger partial charge in [-0.25, -0.2) is 0 Å². The second kappa shape index (κ2) is 5.33. The lowest BCUT2D eigenvalue weighted by molar-refractivity contribution is 0.0988. The first-order valence-electron chi connectivity index (χ1n) is 6.93. The van der Waals surface area contributed by atoms with Crippen molar-refractivity contribution in [1.29, 1.82) is 0 Å². The number of benzene rings is 2. The van der Waals surface area contributed by atoms with Crippen molar-refractivity contribution < 1.29 is 4.79 Å². The van der Waals surface area contributed by atoms with Gasteiger partial charge in [0.1, 0.15) is 0 Å². The van der Waals surface area contributed by atoms with E-state index >= 15 is 0 Å². The molecule has 0 N–H and O–H groups in total. The fourth-order valence-corrected chi connectivity index (χ4v) is 2.54. The third-order valence-corrected chi connectivity index (χ3v) is 3.63. The van der Waals surface area contributed by atoms with Crippen LogP contribution in [0.15, 0.2) is 60.9 Å². The molecule has 0 atom stereocenters. The number of nitrogens with zero attached hydrogens (tertiary/aromatic N) is 1. The molecule has 2 heteroatoms. The maximum Gasteiger partial charge on any atom is 0.164 e. The number of ketones is 1. The summed E-state index contributed by atoms with van der Waals surface area (Å²) in [5.74, 6) is 0.196. The molecule has 0 fully saturated rings. The predicted octanol–water partition coefficient (Wildman–Crippen LogP) is 4.28. The predicted molar refractivity (Wildman–Crippen MR) is 82.1 cm³/mol. The topological polar surface area (TPSA) is 22.0 Å². The van der Waals surface area contributed by atoms with Crippen LogP contribution in [-0.2, 0) is 6.54 Å². The summed E-state index contributed by atoms with van der Waals surface area (Å²) in [4.78, 5) is 11.7. The molecule has 0 aliphatic heterocycles. The fraction of sp³-hybridized carbons (Fsp3) is 0.167. The van der Waals surface area contributed by atoms with Crippen molar-refractivity contribution >= 4 is 16.6 Å². The van der Waals surface area contributed by atoms with Crippen molar-refractivity contribution in [2.75, 3.05) is 0 Å². The SMILES string of the molecule is CCC(=O)c1ccn(Cc2cccc3ccccc23)c1. The maximum atomic E-state index is 11.7. The van der Waals surface area contributed by atoms with Gasteiger partial charge >= 0.3 is 0 Å². The molecule has 0 amide bonds. The van der Waals surface area contributed by atoms with Gasteiger partial charge in [0.2, 0.25) is 0 Å². The highest BCUT2D eigenvalue weighted by Gasteiger charge is 2.06. The highest BCUT2D eigenvalue weighted by molar-refractivity contribution is 5.95. The molecule has 0 unspecified atom stereocenters. The van der Waals surface area contributed by atoms with Gasteiger partial charge in [-0.3, -0.25) is 4.79 Å². The summed E-state index contributed by atoms with van der Waals surface area (Å²) < 4.78 is 2.07. The lowest BCUT2D eigenvalue weighted by Gasteiger charge is -2.07. The Bertz CT molecular complexity index is 749. The lowest BCUT2D eigenvalue weighted by Crippen LogP contribution is -1.98. The molecule has 2 nitrogen and oxygen atoms in total. The van der Waals surface area contributed by atoms with Gasteiger partial charge in [-0.15, -0.1) is 0 Å². The molecule has 0 bridgehead atoms. The van der Waals surface area contributed by atoms with Crippen LogP contribution in [0.4, 0.5) is 0 Å². The number of hydrogen-bond acceptors (Lipinski definition) is 1. The van der Waals surface area contributed by atoms with Crippen molar-refractivity contribution in [3.63, 3.8) is 0 Å². The molecule has 3 rings (SSSR count). The van der Waals surface area contributed by atoms with E-state index in [0.29, 0.717) is 6.42 Å². The van der Waals surface area contributed by atoms with Gasteiger partial charge in [0.15, 0.2) is 5.78 Å². The Hall–Kier alpha value is -2.35. The van der Waals surface area contributed by atoms with Crippen molar-refractivity contribution in [3.05, 3.63) is 72.1 Å². The Morgan fingerprint density at radius 1 is 1.05 bits per heavy atom. The number of carbonyl (C=O) groups is 1. The summed E-state index contributed by atoms with van der Waals surface area (Å²) in [5, 5.41) is 2.52. The molecule has 0 spiro atoms. The lowest BCUT2D eigenvalue weighted by atomic mass is 10.0. The van der Waals surface area contributed by atoms with Gasteiger partial charge in [-0.1, -0.05) is 49.4 Å². The summed E-state index contributed by atoms with van der Waals surface area (Å²) in [6.45, 7) is 2.68. The van der Waals surface area contributed by atoms with Crippen molar-refractivity contribution in [1.82, 2.24) is 4.57 Å². The first kappa shape index (κ1) is 12.7. The van der Waals surface area contributed by atoms with E-state index in [0.717, 1.165) is 12.1 Å². The van der Waals surface area contributed by atoms with Crippen LogP contribution in [0.2, 0.25) is 0 Å². The Morgan fingerprint density at radius 3 is 2.70 bits per heavy atom. The molecule has 2 aromatic carbocycles. The van der Waals surface area contributed by atoms with Gasteiger partial charge in [0, 0.05) is 30.9 Å². The van der Waals surface area contributed by atoms with E-state index in [2.05, 4.69) is 47.0 Å². The maximum absolute atomic E-state index is 11.7. The number of carbonyl (C=O) groups excluding carboxylic acids is 1.